The number of aromatic hydroxyl groups is 1. The first kappa shape index (κ1) is 25.7. The lowest BCUT2D eigenvalue weighted by atomic mass is 9.67. The summed E-state index contributed by atoms with van der Waals surface area (Å²) in [7, 11) is 3.23. The van der Waals surface area contributed by atoms with Gasteiger partial charge in [0.05, 0.1) is 0 Å². The summed E-state index contributed by atoms with van der Waals surface area (Å²) >= 11 is 1.84. The Morgan fingerprint density at radius 1 is 0.882 bits per heavy atom. The van der Waals surface area contributed by atoms with Gasteiger partial charge in [-0.1, -0.05) is 37.3 Å². The molecule has 0 spiro atoms. The average molecular weight is 481 g/mol. The molecule has 0 aromatic heterocycles. The highest BCUT2D eigenvalue weighted by atomic mass is 32.2. The predicted octanol–water partition coefficient (Wildman–Crippen LogP) is 6.36. The van der Waals surface area contributed by atoms with E-state index in [0.29, 0.717) is 0 Å². The third kappa shape index (κ3) is 5.58. The quantitative estimate of drug-likeness (QED) is 0.299. The van der Waals surface area contributed by atoms with Crippen molar-refractivity contribution in [2.24, 2.45) is 0 Å². The minimum absolute atomic E-state index is 0.113. The SMILES string of the molecule is C=C.COCOc1ccc([C@@]2(C)CSc3cc(OCOC)ccc3C2c2ccc(O)cc2)cc1. The lowest BCUT2D eigenvalue weighted by Crippen LogP contribution is -2.36. The standard InChI is InChI=1S/C26H28O5S.C2H4/c1-26(19-6-10-21(11-7-19)30-16-28-2)15-32-24-14-22(31-17-29-3)12-13-23(24)25(26)18-4-8-20(27)9-5-18;1-2/h4-14,25,27H,15-17H2,1-3H3;1-2H2/t25?,26-;/m1./s1. The first-order valence-electron chi connectivity index (χ1n) is 10.9. The van der Waals surface area contributed by atoms with E-state index < -0.39 is 0 Å². The zero-order valence-corrected chi connectivity index (χ0v) is 20.8. The van der Waals surface area contributed by atoms with Gasteiger partial charge in [-0.25, -0.2) is 0 Å². The molecular formula is C28H32O5S. The van der Waals surface area contributed by atoms with Crippen LogP contribution in [0.2, 0.25) is 0 Å². The Kier molecular flexibility index (Phi) is 9.05. The summed E-state index contributed by atoms with van der Waals surface area (Å²) in [6.45, 7) is 8.75. The van der Waals surface area contributed by atoms with Gasteiger partial charge in [-0.2, -0.15) is 0 Å². The fourth-order valence-electron chi connectivity index (χ4n) is 4.27. The van der Waals surface area contributed by atoms with E-state index >= 15 is 0 Å². The molecule has 5 nitrogen and oxygen atoms in total. The molecular weight excluding hydrogens is 448 g/mol. The second kappa shape index (κ2) is 12.0. The molecule has 0 saturated heterocycles. The molecule has 34 heavy (non-hydrogen) atoms. The summed E-state index contributed by atoms with van der Waals surface area (Å²) in [4.78, 5) is 1.20. The van der Waals surface area contributed by atoms with E-state index in [9.17, 15) is 5.11 Å². The molecule has 0 saturated carbocycles. The molecule has 2 atom stereocenters. The van der Waals surface area contributed by atoms with E-state index in [-0.39, 0.29) is 30.7 Å². The first-order valence-corrected chi connectivity index (χ1v) is 11.9. The fraction of sp³-hybridized carbons (Fsp3) is 0.286. The monoisotopic (exact) mass is 480 g/mol. The number of thioether (sulfide) groups is 1. The van der Waals surface area contributed by atoms with E-state index in [0.717, 1.165) is 22.8 Å². The van der Waals surface area contributed by atoms with Crippen molar-refractivity contribution in [1.82, 2.24) is 0 Å². The molecule has 1 aliphatic rings. The molecule has 180 valence electrons. The van der Waals surface area contributed by atoms with Gasteiger partial charge in [-0.05, 0) is 53.1 Å². The maximum absolute atomic E-state index is 9.86. The Morgan fingerprint density at radius 3 is 2.09 bits per heavy atom. The molecule has 1 heterocycles. The Bertz CT molecular complexity index is 1050. The van der Waals surface area contributed by atoms with Crippen LogP contribution in [0.3, 0.4) is 0 Å². The van der Waals surface area contributed by atoms with Gasteiger partial charge < -0.3 is 24.1 Å². The number of phenols is 1. The third-order valence-electron chi connectivity index (χ3n) is 5.89. The van der Waals surface area contributed by atoms with Crippen LogP contribution in [0, 0.1) is 0 Å². The second-order valence-electron chi connectivity index (χ2n) is 8.06. The number of fused-ring (bicyclic) bond motifs is 1. The largest absolute Gasteiger partial charge is 0.508 e. The van der Waals surface area contributed by atoms with Gasteiger partial charge in [0.1, 0.15) is 17.2 Å². The van der Waals surface area contributed by atoms with Crippen LogP contribution < -0.4 is 9.47 Å². The van der Waals surface area contributed by atoms with Crippen LogP contribution in [-0.2, 0) is 14.9 Å². The van der Waals surface area contributed by atoms with Crippen LogP contribution in [-0.4, -0.2) is 38.7 Å². The topological polar surface area (TPSA) is 57.2 Å². The Hall–Kier alpha value is -2.93. The highest BCUT2D eigenvalue weighted by molar-refractivity contribution is 7.99. The van der Waals surface area contributed by atoms with Crippen LogP contribution in [0.15, 0.2) is 84.8 Å². The van der Waals surface area contributed by atoms with E-state index in [1.54, 1.807) is 26.4 Å². The van der Waals surface area contributed by atoms with Crippen LogP contribution in [0.1, 0.15) is 29.5 Å². The lowest BCUT2D eigenvalue weighted by Gasteiger charge is -2.43. The van der Waals surface area contributed by atoms with Gasteiger partial charge >= 0.3 is 0 Å². The Morgan fingerprint density at radius 2 is 1.47 bits per heavy atom. The van der Waals surface area contributed by atoms with Crippen molar-refractivity contribution in [2.45, 2.75) is 23.2 Å². The van der Waals surface area contributed by atoms with Gasteiger partial charge in [0.25, 0.3) is 0 Å². The predicted molar refractivity (Wildman–Crippen MR) is 137 cm³/mol. The minimum atomic E-state index is -0.163. The van der Waals surface area contributed by atoms with Gasteiger partial charge in [0, 0.05) is 36.2 Å². The molecule has 4 rings (SSSR count). The third-order valence-corrected chi connectivity index (χ3v) is 7.30. The molecule has 0 radical (unpaired) electrons. The number of phenolic OH excluding ortho intramolecular Hbond substituents is 1. The molecule has 0 aliphatic carbocycles. The summed E-state index contributed by atoms with van der Waals surface area (Å²) in [6, 6.07) is 22.1. The van der Waals surface area contributed by atoms with E-state index in [1.807, 2.05) is 42.1 Å². The van der Waals surface area contributed by atoms with E-state index in [2.05, 4.69) is 44.3 Å². The van der Waals surface area contributed by atoms with Crippen LogP contribution >= 0.6 is 11.8 Å². The number of benzene rings is 3. The number of rotatable bonds is 8. The van der Waals surface area contributed by atoms with Crippen LogP contribution in [0.5, 0.6) is 17.2 Å². The van der Waals surface area contributed by atoms with Crippen molar-refractivity contribution in [3.8, 4) is 17.2 Å². The zero-order chi connectivity index (χ0) is 24.6. The molecule has 3 aromatic carbocycles. The Labute approximate surface area is 206 Å². The summed E-state index contributed by atoms with van der Waals surface area (Å²) in [5.41, 5.74) is 3.48. The summed E-state index contributed by atoms with van der Waals surface area (Å²) in [5, 5.41) is 9.86. The van der Waals surface area contributed by atoms with Crippen molar-refractivity contribution in [1.29, 1.82) is 0 Å². The summed E-state index contributed by atoms with van der Waals surface area (Å²) in [6.07, 6.45) is 0. The highest BCUT2D eigenvalue weighted by Crippen LogP contribution is 2.53. The molecule has 6 heteroatoms. The maximum atomic E-state index is 9.86. The Balaban J connectivity index is 0.00000158. The molecule has 0 amide bonds. The first-order chi connectivity index (χ1) is 16.5. The average Bonchev–Trinajstić information content (AvgIpc) is 2.88. The van der Waals surface area contributed by atoms with Gasteiger partial charge in [0.2, 0.25) is 0 Å². The number of methoxy groups -OCH3 is 2. The van der Waals surface area contributed by atoms with Crippen molar-refractivity contribution < 1.29 is 24.1 Å². The van der Waals surface area contributed by atoms with E-state index in [4.69, 9.17) is 18.9 Å². The number of ether oxygens (including phenoxy) is 4. The highest BCUT2D eigenvalue weighted by Gasteiger charge is 2.42. The zero-order valence-electron chi connectivity index (χ0n) is 20.0. The maximum Gasteiger partial charge on any atom is 0.188 e. The molecule has 1 N–H and O–H groups in total. The van der Waals surface area contributed by atoms with Gasteiger partial charge in [0.15, 0.2) is 13.6 Å². The molecule has 1 aliphatic heterocycles. The molecule has 3 aromatic rings. The smallest absolute Gasteiger partial charge is 0.188 e. The van der Waals surface area contributed by atoms with Crippen molar-refractivity contribution in [3.63, 3.8) is 0 Å². The number of hydrogen-bond acceptors (Lipinski definition) is 6. The minimum Gasteiger partial charge on any atom is -0.508 e. The summed E-state index contributed by atoms with van der Waals surface area (Å²) < 4.78 is 21.3. The molecule has 0 fully saturated rings. The summed E-state index contributed by atoms with van der Waals surface area (Å²) in [5.74, 6) is 2.86. The van der Waals surface area contributed by atoms with Crippen LogP contribution in [0.4, 0.5) is 0 Å². The van der Waals surface area contributed by atoms with Gasteiger partial charge in [-0.3, -0.25) is 0 Å². The molecule has 0 bridgehead atoms. The molecule has 1 unspecified atom stereocenters. The fourth-order valence-corrected chi connectivity index (χ4v) is 5.61. The van der Waals surface area contributed by atoms with Crippen molar-refractivity contribution in [3.05, 3.63) is 96.6 Å². The van der Waals surface area contributed by atoms with Gasteiger partial charge in [-0.15, -0.1) is 24.9 Å². The van der Waals surface area contributed by atoms with Crippen molar-refractivity contribution >= 4 is 11.8 Å². The normalized spacial score (nSPS) is 18.9. The van der Waals surface area contributed by atoms with E-state index in [1.165, 1.54) is 16.0 Å². The van der Waals surface area contributed by atoms with Crippen molar-refractivity contribution in [2.75, 3.05) is 33.6 Å². The lowest BCUT2D eigenvalue weighted by molar-refractivity contribution is 0.0508. The second-order valence-corrected chi connectivity index (χ2v) is 9.07. The van der Waals surface area contributed by atoms with Crippen LogP contribution in [0.25, 0.3) is 0 Å². The number of hydrogen-bond donors (Lipinski definition) is 1.